The molecule has 1 aliphatic carbocycles. The summed E-state index contributed by atoms with van der Waals surface area (Å²) in [4.78, 5) is 2.55. The Labute approximate surface area is 99.2 Å². The minimum Gasteiger partial charge on any atom is -0.392 e. The Hall–Kier alpha value is -0.120. The van der Waals surface area contributed by atoms with Gasteiger partial charge in [-0.25, -0.2) is 0 Å². The Morgan fingerprint density at radius 3 is 2.56 bits per heavy atom. The lowest BCUT2D eigenvalue weighted by Crippen LogP contribution is -2.42. The van der Waals surface area contributed by atoms with Gasteiger partial charge in [0.05, 0.1) is 6.10 Å². The van der Waals surface area contributed by atoms with Crippen LogP contribution in [0.5, 0.6) is 0 Å². The highest BCUT2D eigenvalue weighted by Gasteiger charge is 2.21. The van der Waals surface area contributed by atoms with Crippen LogP contribution in [0.1, 0.15) is 44.9 Å². The van der Waals surface area contributed by atoms with Gasteiger partial charge >= 0.3 is 0 Å². The molecular formula is C13H26N2O. The molecule has 2 atom stereocenters. The molecule has 0 aromatic rings. The lowest BCUT2D eigenvalue weighted by molar-refractivity contribution is 0.0906. The van der Waals surface area contributed by atoms with E-state index < -0.39 is 0 Å². The van der Waals surface area contributed by atoms with Gasteiger partial charge in [0.1, 0.15) is 0 Å². The van der Waals surface area contributed by atoms with Crippen LogP contribution in [-0.2, 0) is 0 Å². The van der Waals surface area contributed by atoms with Crippen molar-refractivity contribution in [3.63, 3.8) is 0 Å². The van der Waals surface area contributed by atoms with Crippen molar-refractivity contribution in [3.8, 4) is 0 Å². The van der Waals surface area contributed by atoms with Gasteiger partial charge in [-0.15, -0.1) is 0 Å². The molecule has 0 aromatic carbocycles. The van der Waals surface area contributed by atoms with E-state index in [1.165, 1.54) is 51.7 Å². The van der Waals surface area contributed by atoms with Gasteiger partial charge in [0.2, 0.25) is 0 Å². The molecule has 2 fully saturated rings. The van der Waals surface area contributed by atoms with Crippen molar-refractivity contribution in [2.75, 3.05) is 26.2 Å². The maximum absolute atomic E-state index is 9.81. The smallest absolute Gasteiger partial charge is 0.0693 e. The molecule has 0 aromatic heterocycles. The highest BCUT2D eigenvalue weighted by Crippen LogP contribution is 2.18. The van der Waals surface area contributed by atoms with E-state index in [0.717, 1.165) is 19.4 Å². The van der Waals surface area contributed by atoms with E-state index in [9.17, 15) is 5.11 Å². The van der Waals surface area contributed by atoms with E-state index in [1.807, 2.05) is 0 Å². The number of nitrogens with zero attached hydrogens (tertiary/aromatic N) is 1. The zero-order valence-electron chi connectivity index (χ0n) is 10.3. The Morgan fingerprint density at radius 2 is 1.81 bits per heavy atom. The number of nitrogens with one attached hydrogen (secondary N) is 1. The van der Waals surface area contributed by atoms with Gasteiger partial charge in [0.15, 0.2) is 0 Å². The Kier molecular flexibility index (Phi) is 5.07. The zero-order valence-corrected chi connectivity index (χ0v) is 10.3. The standard InChI is InChI=1S/C13H26N2O/c16-13-7-2-1-6-12(13)14-8-5-11-15-9-3-4-10-15/h12-14,16H,1-11H2/t12-,13-/m0/s1. The van der Waals surface area contributed by atoms with Gasteiger partial charge in [0.25, 0.3) is 0 Å². The van der Waals surface area contributed by atoms with Gasteiger partial charge in [-0.3, -0.25) is 0 Å². The predicted octanol–water partition coefficient (Wildman–Crippen LogP) is 1.37. The molecule has 3 nitrogen and oxygen atoms in total. The van der Waals surface area contributed by atoms with Crippen LogP contribution in [0.25, 0.3) is 0 Å². The van der Waals surface area contributed by atoms with Crippen LogP contribution < -0.4 is 5.32 Å². The van der Waals surface area contributed by atoms with Crippen molar-refractivity contribution < 1.29 is 5.11 Å². The SMILES string of the molecule is O[C@H]1CCCC[C@@H]1NCCCN1CCCC1. The minimum atomic E-state index is -0.0967. The second-order valence-electron chi connectivity index (χ2n) is 5.31. The molecule has 2 aliphatic rings. The molecule has 2 N–H and O–H groups in total. The summed E-state index contributed by atoms with van der Waals surface area (Å²) in [5.74, 6) is 0. The number of hydrogen-bond donors (Lipinski definition) is 2. The number of hydrogen-bond acceptors (Lipinski definition) is 3. The third-order valence-electron chi connectivity index (χ3n) is 3.99. The van der Waals surface area contributed by atoms with Gasteiger partial charge < -0.3 is 15.3 Å². The normalized spacial score (nSPS) is 32.1. The summed E-state index contributed by atoms with van der Waals surface area (Å²) in [6.45, 7) is 4.89. The second kappa shape index (κ2) is 6.58. The topological polar surface area (TPSA) is 35.5 Å². The number of rotatable bonds is 5. The highest BCUT2D eigenvalue weighted by molar-refractivity contribution is 4.80. The third-order valence-corrected chi connectivity index (χ3v) is 3.99. The Morgan fingerprint density at radius 1 is 1.06 bits per heavy atom. The van der Waals surface area contributed by atoms with Crippen LogP contribution in [0, 0.1) is 0 Å². The zero-order chi connectivity index (χ0) is 11.2. The molecule has 1 heterocycles. The molecule has 3 heteroatoms. The fraction of sp³-hybridized carbons (Fsp3) is 1.00. The van der Waals surface area contributed by atoms with Crippen molar-refractivity contribution in [3.05, 3.63) is 0 Å². The van der Waals surface area contributed by atoms with Crippen molar-refractivity contribution in [1.82, 2.24) is 10.2 Å². The van der Waals surface area contributed by atoms with Gasteiger partial charge in [0, 0.05) is 6.04 Å². The van der Waals surface area contributed by atoms with E-state index in [2.05, 4.69) is 10.2 Å². The average Bonchev–Trinajstić information content (AvgIpc) is 2.79. The first-order chi connectivity index (χ1) is 7.86. The maximum atomic E-state index is 9.81. The number of likely N-dealkylation sites (tertiary alicyclic amines) is 1. The molecule has 0 bridgehead atoms. The molecule has 1 saturated heterocycles. The second-order valence-corrected chi connectivity index (χ2v) is 5.31. The summed E-state index contributed by atoms with van der Waals surface area (Å²) >= 11 is 0. The van der Waals surface area contributed by atoms with Crippen LogP contribution in [0.4, 0.5) is 0 Å². The first kappa shape index (κ1) is 12.3. The van der Waals surface area contributed by atoms with Gasteiger partial charge in [-0.1, -0.05) is 12.8 Å². The van der Waals surface area contributed by atoms with Crippen LogP contribution in [0.15, 0.2) is 0 Å². The summed E-state index contributed by atoms with van der Waals surface area (Å²) < 4.78 is 0. The lowest BCUT2D eigenvalue weighted by atomic mass is 9.92. The molecule has 0 spiro atoms. The van der Waals surface area contributed by atoms with Crippen molar-refractivity contribution in [2.24, 2.45) is 0 Å². The minimum absolute atomic E-state index is 0.0967. The van der Waals surface area contributed by atoms with E-state index in [-0.39, 0.29) is 6.10 Å². The predicted molar refractivity (Wildman–Crippen MR) is 66.6 cm³/mol. The monoisotopic (exact) mass is 226 g/mol. The molecule has 1 saturated carbocycles. The van der Waals surface area contributed by atoms with Crippen molar-refractivity contribution >= 4 is 0 Å². The summed E-state index contributed by atoms with van der Waals surface area (Å²) in [5.41, 5.74) is 0. The Bertz CT molecular complexity index is 192. The molecule has 94 valence electrons. The Balaban J connectivity index is 1.53. The summed E-state index contributed by atoms with van der Waals surface area (Å²) in [6, 6.07) is 0.368. The number of aliphatic hydroxyl groups is 1. The molecule has 0 unspecified atom stereocenters. The lowest BCUT2D eigenvalue weighted by Gasteiger charge is -2.28. The van der Waals surface area contributed by atoms with E-state index >= 15 is 0 Å². The van der Waals surface area contributed by atoms with E-state index in [4.69, 9.17) is 0 Å². The fourth-order valence-electron chi connectivity index (χ4n) is 2.95. The fourth-order valence-corrected chi connectivity index (χ4v) is 2.95. The third kappa shape index (κ3) is 3.72. The van der Waals surface area contributed by atoms with E-state index in [0.29, 0.717) is 6.04 Å². The molecule has 0 amide bonds. The maximum Gasteiger partial charge on any atom is 0.0693 e. The molecule has 1 aliphatic heterocycles. The first-order valence-corrected chi connectivity index (χ1v) is 7.00. The van der Waals surface area contributed by atoms with E-state index in [1.54, 1.807) is 0 Å². The van der Waals surface area contributed by atoms with Crippen molar-refractivity contribution in [1.29, 1.82) is 0 Å². The average molecular weight is 226 g/mol. The quantitative estimate of drug-likeness (QED) is 0.695. The summed E-state index contributed by atoms with van der Waals surface area (Å²) in [7, 11) is 0. The van der Waals surface area contributed by atoms with Crippen LogP contribution >= 0.6 is 0 Å². The largest absolute Gasteiger partial charge is 0.392 e. The first-order valence-electron chi connectivity index (χ1n) is 7.00. The van der Waals surface area contributed by atoms with Gasteiger partial charge in [-0.05, 0) is 58.3 Å². The van der Waals surface area contributed by atoms with Crippen molar-refractivity contribution in [2.45, 2.75) is 57.1 Å². The van der Waals surface area contributed by atoms with Crippen LogP contribution in [-0.4, -0.2) is 48.3 Å². The summed E-state index contributed by atoms with van der Waals surface area (Å²) in [5, 5.41) is 13.3. The van der Waals surface area contributed by atoms with Crippen LogP contribution in [0.3, 0.4) is 0 Å². The van der Waals surface area contributed by atoms with Crippen LogP contribution in [0.2, 0.25) is 0 Å². The number of aliphatic hydroxyl groups excluding tert-OH is 1. The molecule has 16 heavy (non-hydrogen) atoms. The molecule has 2 rings (SSSR count). The molecular weight excluding hydrogens is 200 g/mol. The molecule has 0 radical (unpaired) electrons. The summed E-state index contributed by atoms with van der Waals surface area (Å²) in [6.07, 6.45) is 8.52. The van der Waals surface area contributed by atoms with Gasteiger partial charge in [-0.2, -0.15) is 0 Å². The highest BCUT2D eigenvalue weighted by atomic mass is 16.3.